The number of rotatable bonds is 12. The van der Waals surface area contributed by atoms with Gasteiger partial charge < -0.3 is 4.74 Å². The van der Waals surface area contributed by atoms with E-state index in [-0.39, 0.29) is 12.2 Å². The molecule has 0 saturated heterocycles. The summed E-state index contributed by atoms with van der Waals surface area (Å²) in [5, 5.41) is 9.30. The lowest BCUT2D eigenvalue weighted by atomic mass is 9.97. The molecule has 0 fully saturated rings. The smallest absolute Gasteiger partial charge is 0.164 e. The molecule has 0 radical (unpaired) electrons. The molecule has 0 spiro atoms. The first kappa shape index (κ1) is 24.9. The standard InChI is InChI=1S/C32H30N2O2/c33-21-20-32(35)31(22-26-16-18-30(19-17-26)36-25-29-14-8-3-9-15-29)34(23-27-10-4-1-5-11-27)24-28-12-6-2-7-13-28/h1-19,31H,20,22-25H2/t31-/m0/s1. The maximum Gasteiger partial charge on any atom is 0.164 e. The van der Waals surface area contributed by atoms with E-state index < -0.39 is 6.04 Å². The Kier molecular flexibility index (Phi) is 9.02. The molecule has 1 atom stereocenters. The van der Waals surface area contributed by atoms with Gasteiger partial charge in [0, 0.05) is 13.1 Å². The highest BCUT2D eigenvalue weighted by atomic mass is 16.5. The van der Waals surface area contributed by atoms with Crippen molar-refractivity contribution >= 4 is 5.78 Å². The lowest BCUT2D eigenvalue weighted by Gasteiger charge is -2.31. The fraction of sp³-hybridized carbons (Fsp3) is 0.188. The summed E-state index contributed by atoms with van der Waals surface area (Å²) in [4.78, 5) is 15.4. The largest absolute Gasteiger partial charge is 0.489 e. The maximum absolute atomic E-state index is 13.2. The summed E-state index contributed by atoms with van der Waals surface area (Å²) in [5.41, 5.74) is 4.41. The van der Waals surface area contributed by atoms with E-state index in [4.69, 9.17) is 4.74 Å². The van der Waals surface area contributed by atoms with Gasteiger partial charge >= 0.3 is 0 Å². The molecule has 0 amide bonds. The van der Waals surface area contributed by atoms with Crippen LogP contribution in [0.2, 0.25) is 0 Å². The molecule has 0 heterocycles. The third kappa shape index (κ3) is 7.40. The number of ketones is 1. The zero-order chi connectivity index (χ0) is 25.0. The summed E-state index contributed by atoms with van der Waals surface area (Å²) in [7, 11) is 0. The normalized spacial score (nSPS) is 11.6. The van der Waals surface area contributed by atoms with Gasteiger partial charge in [-0.3, -0.25) is 9.69 Å². The van der Waals surface area contributed by atoms with Gasteiger partial charge in [0.25, 0.3) is 0 Å². The van der Waals surface area contributed by atoms with Gasteiger partial charge in [0.15, 0.2) is 5.78 Å². The second-order valence-electron chi connectivity index (χ2n) is 8.82. The van der Waals surface area contributed by atoms with E-state index >= 15 is 0 Å². The summed E-state index contributed by atoms with van der Waals surface area (Å²) in [6, 6.07) is 39.9. The highest BCUT2D eigenvalue weighted by molar-refractivity contribution is 5.86. The second kappa shape index (κ2) is 13.0. The van der Waals surface area contributed by atoms with Gasteiger partial charge in [-0.25, -0.2) is 0 Å². The van der Waals surface area contributed by atoms with E-state index in [1.54, 1.807) is 0 Å². The van der Waals surface area contributed by atoms with Crippen molar-refractivity contribution in [2.75, 3.05) is 0 Å². The van der Waals surface area contributed by atoms with Gasteiger partial charge in [-0.1, -0.05) is 103 Å². The van der Waals surface area contributed by atoms with Gasteiger partial charge in [-0.15, -0.1) is 0 Å². The van der Waals surface area contributed by atoms with E-state index in [0.717, 1.165) is 28.0 Å². The molecule has 0 N–H and O–H groups in total. The number of Topliss-reactive ketones (excluding diaryl/α,β-unsaturated/α-hetero) is 1. The predicted molar refractivity (Wildman–Crippen MR) is 142 cm³/mol. The molecule has 4 aromatic carbocycles. The minimum atomic E-state index is -0.416. The van der Waals surface area contributed by atoms with Crippen LogP contribution in [0, 0.1) is 11.3 Å². The summed E-state index contributed by atoms with van der Waals surface area (Å²) in [6.45, 7) is 1.75. The van der Waals surface area contributed by atoms with Gasteiger partial charge in [-0.2, -0.15) is 5.26 Å². The van der Waals surface area contributed by atoms with Crippen molar-refractivity contribution in [1.29, 1.82) is 5.26 Å². The molecule has 4 rings (SSSR count). The van der Waals surface area contributed by atoms with E-state index in [2.05, 4.69) is 35.2 Å². The van der Waals surface area contributed by atoms with Crippen LogP contribution in [0.15, 0.2) is 115 Å². The zero-order valence-corrected chi connectivity index (χ0v) is 20.3. The van der Waals surface area contributed by atoms with Crippen LogP contribution in [-0.2, 0) is 30.9 Å². The van der Waals surface area contributed by atoms with Crippen molar-refractivity contribution in [2.45, 2.75) is 38.6 Å². The molecule has 0 unspecified atom stereocenters. The molecular weight excluding hydrogens is 444 g/mol. The lowest BCUT2D eigenvalue weighted by molar-refractivity contribution is -0.123. The Labute approximate surface area is 213 Å². The van der Waals surface area contributed by atoms with Gasteiger partial charge in [0.05, 0.1) is 18.5 Å². The van der Waals surface area contributed by atoms with E-state index in [1.807, 2.05) is 91.0 Å². The Balaban J connectivity index is 1.53. The molecule has 0 bridgehead atoms. The minimum absolute atomic E-state index is 0.0613. The fourth-order valence-electron chi connectivity index (χ4n) is 4.24. The van der Waals surface area contributed by atoms with Crippen molar-refractivity contribution in [3.05, 3.63) is 138 Å². The number of nitrogens with zero attached hydrogens (tertiary/aromatic N) is 2. The number of carbonyl (C=O) groups is 1. The molecular formula is C32H30N2O2. The van der Waals surface area contributed by atoms with Gasteiger partial charge in [0.1, 0.15) is 12.4 Å². The van der Waals surface area contributed by atoms with E-state index in [0.29, 0.717) is 26.1 Å². The van der Waals surface area contributed by atoms with Crippen LogP contribution >= 0.6 is 0 Å². The number of ether oxygens (including phenoxy) is 1. The average Bonchev–Trinajstić information content (AvgIpc) is 2.93. The second-order valence-corrected chi connectivity index (χ2v) is 8.82. The summed E-state index contributed by atoms with van der Waals surface area (Å²) >= 11 is 0. The van der Waals surface area contributed by atoms with Crippen LogP contribution in [0.4, 0.5) is 0 Å². The van der Waals surface area contributed by atoms with Crippen LogP contribution in [-0.4, -0.2) is 16.7 Å². The molecule has 0 saturated carbocycles. The van der Waals surface area contributed by atoms with Crippen LogP contribution in [0.5, 0.6) is 5.75 Å². The zero-order valence-electron chi connectivity index (χ0n) is 20.3. The van der Waals surface area contributed by atoms with Crippen LogP contribution in [0.25, 0.3) is 0 Å². The number of benzene rings is 4. The van der Waals surface area contributed by atoms with Gasteiger partial charge in [0.2, 0.25) is 0 Å². The molecule has 0 aliphatic carbocycles. The quantitative estimate of drug-likeness (QED) is 0.240. The Morgan fingerprint density at radius 3 is 1.69 bits per heavy atom. The number of hydrogen-bond acceptors (Lipinski definition) is 4. The molecule has 0 aliphatic heterocycles. The predicted octanol–water partition coefficient (Wildman–Crippen LogP) is 6.36. The molecule has 180 valence electrons. The summed E-state index contributed by atoms with van der Waals surface area (Å²) in [6.07, 6.45) is 0.419. The summed E-state index contributed by atoms with van der Waals surface area (Å²) < 4.78 is 5.92. The molecule has 36 heavy (non-hydrogen) atoms. The molecule has 4 aromatic rings. The van der Waals surface area contributed by atoms with Crippen molar-refractivity contribution in [3.8, 4) is 11.8 Å². The lowest BCUT2D eigenvalue weighted by Crippen LogP contribution is -2.42. The molecule has 4 heteroatoms. The minimum Gasteiger partial charge on any atom is -0.489 e. The van der Waals surface area contributed by atoms with E-state index in [9.17, 15) is 10.1 Å². The maximum atomic E-state index is 13.2. The van der Waals surface area contributed by atoms with Crippen molar-refractivity contribution in [1.82, 2.24) is 4.90 Å². The SMILES string of the molecule is N#CCC(=O)[C@H](Cc1ccc(OCc2ccccc2)cc1)N(Cc1ccccc1)Cc1ccccc1. The van der Waals surface area contributed by atoms with Gasteiger partial charge in [-0.05, 0) is 40.8 Å². The first-order valence-electron chi connectivity index (χ1n) is 12.2. The van der Waals surface area contributed by atoms with Crippen molar-refractivity contribution < 1.29 is 9.53 Å². The van der Waals surface area contributed by atoms with Crippen molar-refractivity contribution in [2.24, 2.45) is 0 Å². The third-order valence-corrected chi connectivity index (χ3v) is 6.12. The molecule has 0 aromatic heterocycles. The fourth-order valence-corrected chi connectivity index (χ4v) is 4.24. The molecule has 0 aliphatic rings. The highest BCUT2D eigenvalue weighted by Gasteiger charge is 2.26. The van der Waals surface area contributed by atoms with Crippen LogP contribution in [0.3, 0.4) is 0 Å². The van der Waals surface area contributed by atoms with Crippen LogP contribution in [0.1, 0.15) is 28.7 Å². The van der Waals surface area contributed by atoms with E-state index in [1.165, 1.54) is 0 Å². The first-order valence-corrected chi connectivity index (χ1v) is 12.2. The highest BCUT2D eigenvalue weighted by Crippen LogP contribution is 2.21. The monoisotopic (exact) mass is 474 g/mol. The van der Waals surface area contributed by atoms with Crippen LogP contribution < -0.4 is 4.74 Å². The van der Waals surface area contributed by atoms with Crippen molar-refractivity contribution in [3.63, 3.8) is 0 Å². The summed E-state index contributed by atoms with van der Waals surface area (Å²) in [5.74, 6) is 0.724. The number of hydrogen-bond donors (Lipinski definition) is 0. The Morgan fingerprint density at radius 2 is 1.19 bits per heavy atom. The average molecular weight is 475 g/mol. The number of nitriles is 1. The first-order chi connectivity index (χ1) is 17.7. The Morgan fingerprint density at radius 1 is 0.694 bits per heavy atom. The Hall–Kier alpha value is -4.20. The topological polar surface area (TPSA) is 53.3 Å². The third-order valence-electron chi connectivity index (χ3n) is 6.12. The number of carbonyl (C=O) groups excluding carboxylic acids is 1. The molecule has 4 nitrogen and oxygen atoms in total. The Bertz CT molecular complexity index is 1210.